The smallest absolute Gasteiger partial charge is 0.327 e. The highest BCUT2D eigenvalue weighted by Crippen LogP contribution is 2.31. The molecule has 6 N–H and O–H groups in total. The molecule has 0 spiro atoms. The lowest BCUT2D eigenvalue weighted by atomic mass is 10.0. The molecule has 0 heterocycles. The summed E-state index contributed by atoms with van der Waals surface area (Å²) < 4.78 is 98.6. The maximum absolute atomic E-state index is 12.8. The van der Waals surface area contributed by atoms with Gasteiger partial charge >= 0.3 is 32.7 Å². The summed E-state index contributed by atoms with van der Waals surface area (Å²) in [5.74, 6) is -1.61. The van der Waals surface area contributed by atoms with Crippen molar-refractivity contribution in [1.82, 2.24) is 21.3 Å². The van der Waals surface area contributed by atoms with E-state index < -0.39 is 81.2 Å². The fraction of sp³-hybridized carbons (Fsp3) is 0.467. The fourth-order valence-corrected chi connectivity index (χ4v) is 4.55. The molecule has 13 nitrogen and oxygen atoms in total. The highest BCUT2D eigenvalue weighted by molar-refractivity contribution is 7.33. The van der Waals surface area contributed by atoms with Gasteiger partial charge in [0.25, 0.3) is 0 Å². The van der Waals surface area contributed by atoms with E-state index in [1.165, 1.54) is 0 Å². The predicted molar refractivity (Wildman–Crippen MR) is 169 cm³/mol. The molecule has 0 aliphatic rings. The number of carbonyl (C=O) groups excluding carboxylic acids is 4. The molecule has 0 bridgehead atoms. The van der Waals surface area contributed by atoms with Gasteiger partial charge in [-0.15, -0.1) is 0 Å². The van der Waals surface area contributed by atoms with E-state index in [9.17, 15) is 50.1 Å². The summed E-state index contributed by atoms with van der Waals surface area (Å²) in [4.78, 5) is 50.2. The van der Waals surface area contributed by atoms with Crippen LogP contribution in [0.4, 0.5) is 47.3 Å². The molecule has 0 saturated carbocycles. The number of halogens is 6. The third-order valence-electron chi connectivity index (χ3n) is 6.43. The lowest BCUT2D eigenvalue weighted by Crippen LogP contribution is -2.49. The van der Waals surface area contributed by atoms with Crippen LogP contribution in [-0.4, -0.2) is 49.4 Å². The van der Waals surface area contributed by atoms with Crippen molar-refractivity contribution in [2.75, 3.05) is 24.1 Å². The standard InChI is InChI=1S/C30H37F6N6O7P/c1-17(2)13-23(41-27(45)39-21-9-5-19(6-10-21)29(31,32)33)25(43)37-15-48-50(47)49-16-38-26(44)24(14-18(3)4)42-28(46)40-22-11-7-20(8-12-22)30(34,35)36/h5-12,17-18,23-24H,13-16H2,1-4H3,(H5-,37,38,39,40,41,42,43,44,45,46)/p+1/t23-,24-/m0/s1. The number of anilines is 2. The number of alkyl halides is 6. The Hall–Kier alpha value is -4.48. The Labute approximate surface area is 284 Å². The number of amides is 6. The molecular formula is C30H38F6N6O7P+. The molecule has 0 unspecified atom stereocenters. The first-order chi connectivity index (χ1) is 23.2. The van der Waals surface area contributed by atoms with E-state index in [0.29, 0.717) is 0 Å². The number of benzene rings is 2. The molecule has 0 saturated heterocycles. The van der Waals surface area contributed by atoms with Crippen LogP contribution in [0.2, 0.25) is 0 Å². The molecular weight excluding hydrogens is 701 g/mol. The van der Waals surface area contributed by atoms with Crippen LogP contribution < -0.4 is 31.9 Å². The molecule has 2 rings (SSSR count). The number of urea groups is 2. The number of hydrogen-bond acceptors (Lipinski definition) is 7. The average Bonchev–Trinajstić information content (AvgIpc) is 2.99. The summed E-state index contributed by atoms with van der Waals surface area (Å²) in [6.07, 6.45) is -8.78. The van der Waals surface area contributed by atoms with Gasteiger partial charge in [0.1, 0.15) is 12.1 Å². The molecule has 20 heteroatoms. The molecule has 50 heavy (non-hydrogen) atoms. The van der Waals surface area contributed by atoms with Gasteiger partial charge in [0.05, 0.1) is 11.1 Å². The van der Waals surface area contributed by atoms with Crippen molar-refractivity contribution in [3.63, 3.8) is 0 Å². The van der Waals surface area contributed by atoms with E-state index in [1.54, 1.807) is 27.7 Å². The maximum atomic E-state index is 12.8. The summed E-state index contributed by atoms with van der Waals surface area (Å²) in [6.45, 7) is 5.85. The number of carbonyl (C=O) groups is 4. The SMILES string of the molecule is CC(C)C[C@H](NC(=O)Nc1ccc(C(F)(F)F)cc1)C(=O)NCO[P+](=O)OCNC(=O)[C@H](CC(C)C)NC(=O)Nc1ccc(C(F)(F)F)cc1. The van der Waals surface area contributed by atoms with E-state index in [4.69, 9.17) is 9.05 Å². The molecule has 2 aromatic rings. The van der Waals surface area contributed by atoms with Gasteiger partial charge in [0, 0.05) is 15.9 Å². The molecule has 276 valence electrons. The quantitative estimate of drug-likeness (QED) is 0.0662. The molecule has 6 amide bonds. The first kappa shape index (κ1) is 41.7. The van der Waals surface area contributed by atoms with Gasteiger partial charge in [-0.2, -0.15) is 26.3 Å². The number of rotatable bonds is 16. The van der Waals surface area contributed by atoms with Gasteiger partial charge in [-0.3, -0.25) is 9.59 Å². The Bertz CT molecular complexity index is 1350. The van der Waals surface area contributed by atoms with Crippen LogP contribution in [0.15, 0.2) is 48.5 Å². The van der Waals surface area contributed by atoms with E-state index in [-0.39, 0.29) is 36.1 Å². The maximum Gasteiger partial charge on any atom is 0.701 e. The highest BCUT2D eigenvalue weighted by atomic mass is 31.1. The summed E-state index contributed by atoms with van der Waals surface area (Å²) >= 11 is 0. The minimum Gasteiger partial charge on any atom is -0.327 e. The van der Waals surface area contributed by atoms with Crippen LogP contribution in [0.5, 0.6) is 0 Å². The van der Waals surface area contributed by atoms with Crippen LogP contribution in [0.1, 0.15) is 51.7 Å². The Morgan fingerprint density at radius 2 is 0.940 bits per heavy atom. The second-order valence-corrected chi connectivity index (χ2v) is 12.5. The summed E-state index contributed by atoms with van der Waals surface area (Å²) in [7, 11) is -2.88. The van der Waals surface area contributed by atoms with Gasteiger partial charge in [-0.25, -0.2) is 9.59 Å². The van der Waals surface area contributed by atoms with E-state index >= 15 is 0 Å². The van der Waals surface area contributed by atoms with Crippen molar-refractivity contribution in [3.8, 4) is 0 Å². The van der Waals surface area contributed by atoms with Crippen molar-refractivity contribution in [2.24, 2.45) is 11.8 Å². The molecule has 0 aliphatic heterocycles. The average molecular weight is 740 g/mol. The first-order valence-corrected chi connectivity index (χ1v) is 16.1. The summed E-state index contributed by atoms with van der Waals surface area (Å²) in [6, 6.07) is 3.43. The van der Waals surface area contributed by atoms with Crippen LogP contribution >= 0.6 is 8.25 Å². The molecule has 2 aromatic carbocycles. The third kappa shape index (κ3) is 15.4. The number of nitrogens with one attached hydrogen (secondary N) is 6. The van der Waals surface area contributed by atoms with Gasteiger partial charge in [-0.1, -0.05) is 36.7 Å². The monoisotopic (exact) mass is 739 g/mol. The lowest BCUT2D eigenvalue weighted by Gasteiger charge is -2.20. The van der Waals surface area contributed by atoms with Crippen LogP contribution in [0.25, 0.3) is 0 Å². The van der Waals surface area contributed by atoms with Gasteiger partial charge in [0.2, 0.25) is 11.8 Å². The molecule has 0 aromatic heterocycles. The zero-order valence-corrected chi connectivity index (χ0v) is 28.2. The first-order valence-electron chi connectivity index (χ1n) is 15.0. The fourth-order valence-electron chi connectivity index (χ4n) is 4.14. The Balaban J connectivity index is 1.81. The predicted octanol–water partition coefficient (Wildman–Crippen LogP) is 6.33. The minimum atomic E-state index is -4.55. The normalized spacial score (nSPS) is 12.9. The second kappa shape index (κ2) is 19.1. The van der Waals surface area contributed by atoms with E-state index in [0.717, 1.165) is 48.5 Å². The van der Waals surface area contributed by atoms with Gasteiger partial charge in [0.15, 0.2) is 13.5 Å². The van der Waals surface area contributed by atoms with Gasteiger partial charge < -0.3 is 31.9 Å². The van der Waals surface area contributed by atoms with Gasteiger partial charge in [-0.05, 0) is 73.2 Å². The van der Waals surface area contributed by atoms with Crippen LogP contribution in [-0.2, 0) is 35.6 Å². The van der Waals surface area contributed by atoms with Crippen molar-refractivity contribution in [3.05, 3.63) is 59.7 Å². The number of hydrogen-bond donors (Lipinski definition) is 6. The van der Waals surface area contributed by atoms with Crippen molar-refractivity contribution in [2.45, 2.75) is 65.0 Å². The molecule has 0 aliphatic carbocycles. The third-order valence-corrected chi connectivity index (χ3v) is 7.11. The topological polar surface area (TPSA) is 176 Å². The zero-order valence-electron chi connectivity index (χ0n) is 27.3. The van der Waals surface area contributed by atoms with Crippen LogP contribution in [0.3, 0.4) is 0 Å². The van der Waals surface area contributed by atoms with E-state index in [1.807, 2.05) is 0 Å². The largest absolute Gasteiger partial charge is 0.701 e. The minimum absolute atomic E-state index is 0.0523. The lowest BCUT2D eigenvalue weighted by molar-refractivity contribution is -0.138. The second-order valence-electron chi connectivity index (χ2n) is 11.6. The molecule has 0 fully saturated rings. The molecule has 0 radical (unpaired) electrons. The zero-order chi connectivity index (χ0) is 37.6. The Morgan fingerprint density at radius 3 is 1.22 bits per heavy atom. The Kier molecular flexibility index (Phi) is 15.9. The molecule has 2 atom stereocenters. The van der Waals surface area contributed by atoms with Crippen molar-refractivity contribution >= 4 is 43.5 Å². The highest BCUT2D eigenvalue weighted by Gasteiger charge is 2.31. The van der Waals surface area contributed by atoms with Crippen molar-refractivity contribution in [1.29, 1.82) is 0 Å². The van der Waals surface area contributed by atoms with Crippen molar-refractivity contribution < 1.29 is 59.1 Å². The van der Waals surface area contributed by atoms with E-state index in [2.05, 4.69) is 31.9 Å². The van der Waals surface area contributed by atoms with Crippen LogP contribution in [0, 0.1) is 11.8 Å². The summed E-state index contributed by atoms with van der Waals surface area (Å²) in [5, 5.41) is 14.1. The Morgan fingerprint density at radius 1 is 0.620 bits per heavy atom. The summed E-state index contributed by atoms with van der Waals surface area (Å²) in [5.41, 5.74) is -1.70.